The van der Waals surface area contributed by atoms with Crippen LogP contribution in [0.2, 0.25) is 0 Å². The zero-order chi connectivity index (χ0) is 30.2. The molecule has 1 amide bonds. The molecule has 1 aromatic carbocycles. The number of halogens is 1. The first-order valence-corrected chi connectivity index (χ1v) is 12.7. The lowest BCUT2D eigenvalue weighted by molar-refractivity contribution is -0.140. The van der Waals surface area contributed by atoms with E-state index in [1.54, 1.807) is 30.5 Å². The van der Waals surface area contributed by atoms with Gasteiger partial charge >= 0.3 is 17.9 Å². The zero-order valence-corrected chi connectivity index (χ0v) is 22.0. The summed E-state index contributed by atoms with van der Waals surface area (Å²) in [4.78, 5) is 49.7. The molecule has 1 aromatic heterocycles. The molecule has 0 aliphatic rings. The molecule has 15 nitrogen and oxygen atoms in total. The maximum atomic E-state index is 12.5. The number of alkyl halides is 1. The Balaban J connectivity index is 1.83. The number of guanidine groups is 1. The average molecular weight is 575 g/mol. The van der Waals surface area contributed by atoms with Gasteiger partial charge in [-0.15, -0.1) is 10.1 Å². The van der Waals surface area contributed by atoms with Gasteiger partial charge in [0.2, 0.25) is 12.2 Å². The summed E-state index contributed by atoms with van der Waals surface area (Å²) < 4.78 is 13.9. The Kier molecular flexibility index (Phi) is 13.2. The third-order valence-corrected chi connectivity index (χ3v) is 5.73. The molecule has 0 spiro atoms. The summed E-state index contributed by atoms with van der Waals surface area (Å²) in [6, 6.07) is 3.96. The number of aliphatic imine (C=N–C) groups is 1. The Hall–Kier alpha value is -5.07. The molecule has 6 N–H and O–H groups in total. The Morgan fingerprint density at radius 3 is 2.24 bits per heavy atom. The highest BCUT2D eigenvalue weighted by Gasteiger charge is 2.24. The van der Waals surface area contributed by atoms with Crippen LogP contribution in [-0.2, 0) is 20.8 Å². The fourth-order valence-corrected chi connectivity index (χ4v) is 3.60. The molecule has 0 radical (unpaired) electrons. The lowest BCUT2D eigenvalue weighted by atomic mass is 10.1. The van der Waals surface area contributed by atoms with Crippen LogP contribution < -0.4 is 16.0 Å². The van der Waals surface area contributed by atoms with Crippen molar-refractivity contribution in [1.82, 2.24) is 30.9 Å². The number of aliphatic carboxylic acids is 3. The summed E-state index contributed by atoms with van der Waals surface area (Å²) in [5.74, 6) is -4.63. The second-order valence-electron chi connectivity index (χ2n) is 8.81. The number of carboxylic acid groups (broad SMARTS) is 3. The van der Waals surface area contributed by atoms with Gasteiger partial charge in [-0.25, -0.2) is 14.3 Å². The van der Waals surface area contributed by atoms with Gasteiger partial charge in [-0.2, -0.15) is 5.26 Å². The standard InChI is InChI=1S/C25H31FN8O7/c26-12-3-4-17-14-34(33-32-17)18-8-6-16(7-9-18)22(37)28-13-2-1-5-19(23(38)39)30-25(29-15-27)31-20(24(40)41)10-11-21(35)36/h6-9,14,19-20H,1-5,10-13H2,(H,28,37)(H,35,36)(H,38,39)(H,40,41)(H2,29,30,31)/t19?,20-/m0/s1. The Morgan fingerprint density at radius 2 is 1.66 bits per heavy atom. The third-order valence-electron chi connectivity index (χ3n) is 5.73. The van der Waals surface area contributed by atoms with Crippen LogP contribution in [0.5, 0.6) is 0 Å². The van der Waals surface area contributed by atoms with E-state index in [1.165, 1.54) is 10.9 Å². The molecule has 0 saturated carbocycles. The number of nitrogens with one attached hydrogen (secondary N) is 3. The molecule has 220 valence electrons. The monoisotopic (exact) mass is 574 g/mol. The van der Waals surface area contributed by atoms with Gasteiger partial charge in [0.15, 0.2) is 0 Å². The van der Waals surface area contributed by atoms with Crippen LogP contribution in [0, 0.1) is 11.5 Å². The van der Waals surface area contributed by atoms with Crippen molar-refractivity contribution < 1.29 is 38.9 Å². The Labute approximate surface area is 234 Å². The summed E-state index contributed by atoms with van der Waals surface area (Å²) in [5, 5.41) is 52.0. The molecule has 2 atom stereocenters. The van der Waals surface area contributed by atoms with Gasteiger partial charge < -0.3 is 31.3 Å². The quantitative estimate of drug-likeness (QED) is 0.0668. The van der Waals surface area contributed by atoms with E-state index >= 15 is 0 Å². The van der Waals surface area contributed by atoms with Gasteiger partial charge in [0.05, 0.1) is 24.3 Å². The first-order valence-electron chi connectivity index (χ1n) is 12.7. The molecule has 0 fully saturated rings. The van der Waals surface area contributed by atoms with Gasteiger partial charge in [0.1, 0.15) is 12.1 Å². The highest BCUT2D eigenvalue weighted by molar-refractivity contribution is 5.94. The van der Waals surface area contributed by atoms with Crippen LogP contribution in [0.15, 0.2) is 35.5 Å². The van der Waals surface area contributed by atoms with Crippen LogP contribution >= 0.6 is 0 Å². The number of unbranched alkanes of at least 4 members (excludes halogenated alkanes) is 1. The predicted octanol–water partition coefficient (Wildman–Crippen LogP) is 0.857. The van der Waals surface area contributed by atoms with Crippen molar-refractivity contribution >= 4 is 29.8 Å². The molecule has 16 heteroatoms. The Morgan fingerprint density at radius 1 is 1.00 bits per heavy atom. The number of aryl methyl sites for hydroxylation is 1. The molecule has 1 heterocycles. The number of carboxylic acids is 3. The first-order chi connectivity index (χ1) is 19.6. The van der Waals surface area contributed by atoms with E-state index in [-0.39, 0.29) is 25.3 Å². The molecular formula is C25H31FN8O7. The average Bonchev–Trinajstić information content (AvgIpc) is 3.41. The largest absolute Gasteiger partial charge is 0.481 e. The number of hydrogen-bond acceptors (Lipinski definition) is 8. The van der Waals surface area contributed by atoms with E-state index in [0.29, 0.717) is 42.6 Å². The SMILES string of the molecule is N#C/N=C(/NC(CCCCNC(=O)c1ccc(-n2cc(CCCF)nn2)cc1)C(=O)O)N[C@@H](CCC(=O)O)C(=O)O. The molecule has 2 aromatic rings. The summed E-state index contributed by atoms with van der Waals surface area (Å²) >= 11 is 0. The molecule has 0 saturated heterocycles. The van der Waals surface area contributed by atoms with Crippen LogP contribution in [0.25, 0.3) is 5.69 Å². The Bertz CT molecular complexity index is 1260. The number of benzene rings is 1. The van der Waals surface area contributed by atoms with Gasteiger partial charge in [-0.05, 0) is 62.8 Å². The van der Waals surface area contributed by atoms with Crippen LogP contribution in [-0.4, -0.2) is 85.4 Å². The van der Waals surface area contributed by atoms with Crippen molar-refractivity contribution in [3.63, 3.8) is 0 Å². The van der Waals surface area contributed by atoms with Crippen molar-refractivity contribution in [2.75, 3.05) is 13.2 Å². The minimum absolute atomic E-state index is 0.0596. The molecular weight excluding hydrogens is 543 g/mol. The number of aromatic nitrogens is 3. The van der Waals surface area contributed by atoms with E-state index in [2.05, 4.69) is 31.3 Å². The molecule has 0 bridgehead atoms. The lowest BCUT2D eigenvalue weighted by Gasteiger charge is -2.20. The number of carbonyl (C=O) groups excluding carboxylic acids is 1. The maximum Gasteiger partial charge on any atom is 0.326 e. The smallest absolute Gasteiger partial charge is 0.326 e. The van der Waals surface area contributed by atoms with Gasteiger partial charge in [0.25, 0.3) is 5.91 Å². The van der Waals surface area contributed by atoms with Crippen molar-refractivity contribution in [3.8, 4) is 11.9 Å². The van der Waals surface area contributed by atoms with Crippen molar-refractivity contribution in [1.29, 1.82) is 5.26 Å². The zero-order valence-electron chi connectivity index (χ0n) is 22.0. The van der Waals surface area contributed by atoms with Gasteiger partial charge in [-0.1, -0.05) is 5.21 Å². The second-order valence-corrected chi connectivity index (χ2v) is 8.81. The van der Waals surface area contributed by atoms with Crippen molar-refractivity contribution in [3.05, 3.63) is 41.7 Å². The normalized spacial score (nSPS) is 12.5. The number of rotatable bonds is 17. The number of nitrogens with zero attached hydrogens (tertiary/aromatic N) is 5. The van der Waals surface area contributed by atoms with Crippen LogP contribution in [0.1, 0.15) is 54.6 Å². The second kappa shape index (κ2) is 16.8. The maximum absolute atomic E-state index is 12.5. The summed E-state index contributed by atoms with van der Waals surface area (Å²) in [5.41, 5.74) is 1.74. The van der Waals surface area contributed by atoms with E-state index in [0.717, 1.165) is 0 Å². The predicted molar refractivity (Wildman–Crippen MR) is 141 cm³/mol. The number of nitriles is 1. The lowest BCUT2D eigenvalue weighted by Crippen LogP contribution is -2.52. The fraction of sp³-hybridized carbons (Fsp3) is 0.440. The number of amides is 1. The van der Waals surface area contributed by atoms with Crippen LogP contribution in [0.3, 0.4) is 0 Å². The minimum atomic E-state index is -1.41. The van der Waals surface area contributed by atoms with E-state index in [4.69, 9.17) is 10.4 Å². The van der Waals surface area contributed by atoms with Gasteiger partial charge in [0, 0.05) is 18.5 Å². The van der Waals surface area contributed by atoms with Gasteiger partial charge in [-0.3, -0.25) is 14.0 Å². The highest BCUT2D eigenvalue weighted by Crippen LogP contribution is 2.10. The van der Waals surface area contributed by atoms with Crippen molar-refractivity contribution in [2.45, 2.75) is 57.0 Å². The van der Waals surface area contributed by atoms with Crippen LogP contribution in [0.4, 0.5) is 4.39 Å². The topological polar surface area (TPSA) is 232 Å². The van der Waals surface area contributed by atoms with E-state index in [9.17, 15) is 33.8 Å². The highest BCUT2D eigenvalue weighted by atomic mass is 19.1. The molecule has 0 aliphatic heterocycles. The van der Waals surface area contributed by atoms with E-state index < -0.39 is 49.0 Å². The fourth-order valence-electron chi connectivity index (χ4n) is 3.60. The van der Waals surface area contributed by atoms with Crippen molar-refractivity contribution in [2.24, 2.45) is 4.99 Å². The first kappa shape index (κ1) is 32.1. The third kappa shape index (κ3) is 11.3. The molecule has 1 unspecified atom stereocenters. The minimum Gasteiger partial charge on any atom is -0.481 e. The number of hydrogen-bond donors (Lipinski definition) is 6. The molecule has 2 rings (SSSR count). The summed E-state index contributed by atoms with van der Waals surface area (Å²) in [6.45, 7) is -0.183. The molecule has 41 heavy (non-hydrogen) atoms. The summed E-state index contributed by atoms with van der Waals surface area (Å²) in [6.07, 6.45) is 4.02. The summed E-state index contributed by atoms with van der Waals surface area (Å²) in [7, 11) is 0. The molecule has 0 aliphatic carbocycles. The number of carbonyl (C=O) groups is 4. The van der Waals surface area contributed by atoms with E-state index in [1.807, 2.05) is 0 Å².